The number of anilines is 1. The number of fused-ring (bicyclic) bond motifs is 1. The lowest BCUT2D eigenvalue weighted by atomic mass is 10.2. The number of halogens is 1. The molecule has 1 nitrogen and oxygen atoms in total. The molecule has 0 unspecified atom stereocenters. The lowest BCUT2D eigenvalue weighted by Crippen LogP contribution is -1.86. The zero-order valence-electron chi connectivity index (χ0n) is 6.04. The summed E-state index contributed by atoms with van der Waals surface area (Å²) in [5.41, 5.74) is 6.41. The topological polar surface area (TPSA) is 26.0 Å². The van der Waals surface area contributed by atoms with Gasteiger partial charge in [-0.2, -0.15) is 0 Å². The minimum atomic E-state index is 0.594. The molecule has 0 aliphatic heterocycles. The van der Waals surface area contributed by atoms with E-state index in [9.17, 15) is 0 Å². The number of hydrogen-bond acceptors (Lipinski definition) is 3. The van der Waals surface area contributed by atoms with Gasteiger partial charge < -0.3 is 5.73 Å². The molecule has 4 heteroatoms. The Morgan fingerprint density at radius 3 is 2.92 bits per heavy atom. The van der Waals surface area contributed by atoms with Crippen LogP contribution in [0, 0.1) is 0 Å². The zero-order valence-corrected chi connectivity index (χ0v) is 8.51. The van der Waals surface area contributed by atoms with Gasteiger partial charge in [0.15, 0.2) is 0 Å². The molecule has 62 valence electrons. The largest absolute Gasteiger partial charge is 0.397 e. The first-order valence-corrected chi connectivity index (χ1v) is 5.05. The molecule has 0 atom stereocenters. The van der Waals surface area contributed by atoms with Crippen LogP contribution in [0.15, 0.2) is 22.4 Å². The Hall–Kier alpha value is -0.380. The molecule has 0 amide bonds. The van der Waals surface area contributed by atoms with Crippen molar-refractivity contribution in [3.05, 3.63) is 22.5 Å². The fourth-order valence-corrected chi connectivity index (χ4v) is 2.59. The van der Waals surface area contributed by atoms with Gasteiger partial charge >= 0.3 is 0 Å². The molecule has 1 aromatic heterocycles. The van der Waals surface area contributed by atoms with Gasteiger partial charge in [0.2, 0.25) is 0 Å². The van der Waals surface area contributed by atoms with Gasteiger partial charge in [-0.3, -0.25) is 0 Å². The van der Waals surface area contributed by atoms with Crippen LogP contribution in [0.1, 0.15) is 0 Å². The van der Waals surface area contributed by atoms with E-state index >= 15 is 0 Å². The molecule has 0 bridgehead atoms. The van der Waals surface area contributed by atoms with Crippen molar-refractivity contribution in [3.63, 3.8) is 0 Å². The van der Waals surface area contributed by atoms with Crippen molar-refractivity contribution < 1.29 is 0 Å². The summed E-state index contributed by atoms with van der Waals surface area (Å²) in [6, 6.07) is 3.77. The first kappa shape index (κ1) is 8.23. The molecule has 1 aromatic carbocycles. The number of nitrogens with two attached hydrogens (primary N) is 1. The van der Waals surface area contributed by atoms with Crippen molar-refractivity contribution in [2.75, 3.05) is 5.73 Å². The molecule has 0 spiro atoms. The summed E-state index contributed by atoms with van der Waals surface area (Å²) in [7, 11) is 0. The van der Waals surface area contributed by atoms with E-state index in [-0.39, 0.29) is 0 Å². The van der Waals surface area contributed by atoms with Gasteiger partial charge in [-0.05, 0) is 12.1 Å². The number of thiophene rings is 1. The maximum Gasteiger partial charge on any atom is 0.0643 e. The van der Waals surface area contributed by atoms with Crippen LogP contribution in [0.2, 0.25) is 5.02 Å². The SMILES string of the molecule is Nc1c(Cl)ccc2scc(S)c12. The molecule has 0 radical (unpaired) electrons. The van der Waals surface area contributed by atoms with Crippen molar-refractivity contribution in [1.82, 2.24) is 0 Å². The highest BCUT2D eigenvalue weighted by atomic mass is 35.5. The van der Waals surface area contributed by atoms with Crippen LogP contribution in [0.5, 0.6) is 0 Å². The second-order valence-electron chi connectivity index (χ2n) is 2.46. The second-order valence-corrected chi connectivity index (χ2v) is 4.26. The Morgan fingerprint density at radius 1 is 1.42 bits per heavy atom. The van der Waals surface area contributed by atoms with E-state index in [4.69, 9.17) is 17.3 Å². The summed E-state index contributed by atoms with van der Waals surface area (Å²) in [6.07, 6.45) is 0. The second kappa shape index (κ2) is 2.83. The van der Waals surface area contributed by atoms with Gasteiger partial charge in [0.05, 0.1) is 10.7 Å². The number of hydrogen-bond donors (Lipinski definition) is 2. The Labute approximate surface area is 84.6 Å². The molecule has 1 heterocycles. The van der Waals surface area contributed by atoms with E-state index in [1.54, 1.807) is 11.3 Å². The van der Waals surface area contributed by atoms with Gasteiger partial charge in [0, 0.05) is 20.4 Å². The average molecular weight is 216 g/mol. The van der Waals surface area contributed by atoms with Crippen LogP contribution >= 0.6 is 35.6 Å². The van der Waals surface area contributed by atoms with Gasteiger partial charge in [0.1, 0.15) is 0 Å². The lowest BCUT2D eigenvalue weighted by Gasteiger charge is -1.99. The van der Waals surface area contributed by atoms with E-state index in [0.29, 0.717) is 10.7 Å². The van der Waals surface area contributed by atoms with E-state index in [1.165, 1.54) is 0 Å². The Balaban J connectivity index is 2.96. The maximum atomic E-state index is 5.86. The van der Waals surface area contributed by atoms with E-state index < -0.39 is 0 Å². The molecule has 0 fully saturated rings. The maximum absolute atomic E-state index is 5.86. The molecule has 2 N–H and O–H groups in total. The molecule has 0 saturated heterocycles. The fourth-order valence-electron chi connectivity index (χ4n) is 1.11. The van der Waals surface area contributed by atoms with Crippen molar-refractivity contribution in [3.8, 4) is 0 Å². The minimum absolute atomic E-state index is 0.594. The summed E-state index contributed by atoms with van der Waals surface area (Å²) >= 11 is 11.8. The van der Waals surface area contributed by atoms with Crippen molar-refractivity contribution in [2.24, 2.45) is 0 Å². The highest BCUT2D eigenvalue weighted by molar-refractivity contribution is 7.80. The normalized spacial score (nSPS) is 10.8. The Morgan fingerprint density at radius 2 is 2.17 bits per heavy atom. The standard InChI is InChI=1S/C8H6ClNS2/c9-4-1-2-6-7(8(4)10)5(11)3-12-6/h1-3,11H,10H2. The smallest absolute Gasteiger partial charge is 0.0643 e. The zero-order chi connectivity index (χ0) is 8.72. The third-order valence-corrected chi connectivity index (χ3v) is 3.51. The number of thiol groups is 1. The lowest BCUT2D eigenvalue weighted by molar-refractivity contribution is 1.67. The van der Waals surface area contributed by atoms with Crippen LogP contribution in [0.25, 0.3) is 10.1 Å². The highest BCUT2D eigenvalue weighted by Gasteiger charge is 2.06. The Kier molecular flexibility index (Phi) is 1.94. The van der Waals surface area contributed by atoms with Gasteiger partial charge in [-0.25, -0.2) is 0 Å². The monoisotopic (exact) mass is 215 g/mol. The third kappa shape index (κ3) is 1.09. The molecule has 0 aliphatic rings. The van der Waals surface area contributed by atoms with Crippen LogP contribution in [0.3, 0.4) is 0 Å². The first-order chi connectivity index (χ1) is 5.70. The number of benzene rings is 1. The van der Waals surface area contributed by atoms with Crippen molar-refractivity contribution in [1.29, 1.82) is 0 Å². The molecular weight excluding hydrogens is 210 g/mol. The van der Waals surface area contributed by atoms with E-state index in [1.807, 2.05) is 17.5 Å². The summed E-state index contributed by atoms with van der Waals surface area (Å²) in [5, 5.41) is 3.52. The first-order valence-electron chi connectivity index (χ1n) is 3.34. The summed E-state index contributed by atoms with van der Waals surface area (Å²) in [5.74, 6) is 0. The third-order valence-electron chi connectivity index (χ3n) is 1.71. The Bertz CT molecular complexity index is 436. The van der Waals surface area contributed by atoms with Crippen molar-refractivity contribution >= 4 is 51.3 Å². The number of rotatable bonds is 0. The quantitative estimate of drug-likeness (QED) is 0.511. The predicted octanol–water partition coefficient (Wildman–Crippen LogP) is 3.43. The number of nitrogen functional groups attached to an aromatic ring is 1. The minimum Gasteiger partial charge on any atom is -0.397 e. The van der Waals surface area contributed by atoms with Crippen LogP contribution in [-0.4, -0.2) is 0 Å². The van der Waals surface area contributed by atoms with Crippen LogP contribution in [0.4, 0.5) is 5.69 Å². The molecule has 0 saturated carbocycles. The van der Waals surface area contributed by atoms with Gasteiger partial charge in [0.25, 0.3) is 0 Å². The van der Waals surface area contributed by atoms with E-state index in [0.717, 1.165) is 15.0 Å². The van der Waals surface area contributed by atoms with Crippen LogP contribution in [-0.2, 0) is 0 Å². The molecule has 2 aromatic rings. The van der Waals surface area contributed by atoms with E-state index in [2.05, 4.69) is 12.6 Å². The van der Waals surface area contributed by atoms with Gasteiger partial charge in [-0.15, -0.1) is 24.0 Å². The van der Waals surface area contributed by atoms with Crippen LogP contribution < -0.4 is 5.73 Å². The summed E-state index contributed by atoms with van der Waals surface area (Å²) in [6.45, 7) is 0. The summed E-state index contributed by atoms with van der Waals surface area (Å²) < 4.78 is 1.13. The average Bonchev–Trinajstić information content (AvgIpc) is 2.41. The fraction of sp³-hybridized carbons (Fsp3) is 0. The predicted molar refractivity (Wildman–Crippen MR) is 58.5 cm³/mol. The van der Waals surface area contributed by atoms with Gasteiger partial charge in [-0.1, -0.05) is 11.6 Å². The molecular formula is C8H6ClNS2. The van der Waals surface area contributed by atoms with Crippen molar-refractivity contribution in [2.45, 2.75) is 4.90 Å². The molecule has 12 heavy (non-hydrogen) atoms. The highest BCUT2D eigenvalue weighted by Crippen LogP contribution is 2.36. The molecule has 2 rings (SSSR count). The summed E-state index contributed by atoms with van der Waals surface area (Å²) in [4.78, 5) is 0.898. The molecule has 0 aliphatic carbocycles.